The second kappa shape index (κ2) is 8.47. The van der Waals surface area contributed by atoms with Crippen LogP contribution in [0.5, 0.6) is 0 Å². The van der Waals surface area contributed by atoms with E-state index in [1.54, 1.807) is 19.2 Å². The number of carbonyl (C=O) groups is 2. The summed E-state index contributed by atoms with van der Waals surface area (Å²) in [7, 11) is 0. The van der Waals surface area contributed by atoms with Crippen molar-refractivity contribution < 1.29 is 14.3 Å². The first-order valence-electron chi connectivity index (χ1n) is 10.5. The third-order valence-corrected chi connectivity index (χ3v) is 6.25. The number of amides is 1. The van der Waals surface area contributed by atoms with Gasteiger partial charge in [0.25, 0.3) is 0 Å². The Hall–Kier alpha value is -2.15. The van der Waals surface area contributed by atoms with Crippen LogP contribution in [0.15, 0.2) is 18.3 Å². The predicted octanol–water partition coefficient (Wildman–Crippen LogP) is 1.83. The molecule has 4 rings (SSSR count). The van der Waals surface area contributed by atoms with Crippen LogP contribution in [0.3, 0.4) is 0 Å². The van der Waals surface area contributed by atoms with Crippen molar-refractivity contribution in [3.8, 4) is 0 Å². The molecule has 3 saturated heterocycles. The minimum absolute atomic E-state index is 0.302. The van der Waals surface area contributed by atoms with Crippen molar-refractivity contribution >= 4 is 17.7 Å². The van der Waals surface area contributed by atoms with Crippen LogP contribution in [0.4, 0.5) is 5.82 Å². The Balaban J connectivity index is 1.26. The van der Waals surface area contributed by atoms with Crippen LogP contribution in [-0.4, -0.2) is 66.6 Å². The second-order valence-electron chi connectivity index (χ2n) is 8.17. The zero-order chi connectivity index (χ0) is 19.5. The van der Waals surface area contributed by atoms with Crippen molar-refractivity contribution in [2.45, 2.75) is 51.1 Å². The van der Waals surface area contributed by atoms with E-state index < -0.39 is 0 Å². The maximum Gasteiger partial charge on any atom is 0.339 e. The fourth-order valence-corrected chi connectivity index (χ4v) is 4.81. The van der Waals surface area contributed by atoms with Gasteiger partial charge in [-0.2, -0.15) is 0 Å². The topological polar surface area (TPSA) is 74.8 Å². The lowest BCUT2D eigenvalue weighted by atomic mass is 9.89. The van der Waals surface area contributed by atoms with Crippen molar-refractivity contribution in [2.24, 2.45) is 5.92 Å². The molecule has 2 unspecified atom stereocenters. The normalized spacial score (nSPS) is 27.0. The van der Waals surface area contributed by atoms with Gasteiger partial charge >= 0.3 is 5.97 Å². The maximum absolute atomic E-state index is 12.7. The average Bonchev–Trinajstić information content (AvgIpc) is 3.06. The molecule has 0 spiro atoms. The lowest BCUT2D eigenvalue weighted by molar-refractivity contribution is -0.132. The van der Waals surface area contributed by atoms with Gasteiger partial charge in [-0.05, 0) is 50.7 Å². The summed E-state index contributed by atoms with van der Waals surface area (Å²) in [5.74, 6) is 1.34. The van der Waals surface area contributed by atoms with E-state index in [0.29, 0.717) is 42.5 Å². The molecular weight excluding hydrogens is 356 g/mol. The third kappa shape index (κ3) is 4.29. The minimum atomic E-state index is -0.344. The molecule has 3 aliphatic heterocycles. The summed E-state index contributed by atoms with van der Waals surface area (Å²) in [5.41, 5.74) is 0.468. The number of pyridine rings is 1. The molecule has 0 radical (unpaired) electrons. The summed E-state index contributed by atoms with van der Waals surface area (Å²) in [6.07, 6.45) is 7.11. The molecule has 0 aliphatic carbocycles. The summed E-state index contributed by atoms with van der Waals surface area (Å²) < 4.78 is 4.99. The van der Waals surface area contributed by atoms with Crippen LogP contribution in [0.1, 0.15) is 49.4 Å². The molecule has 1 aromatic rings. The quantitative estimate of drug-likeness (QED) is 0.778. The number of nitrogens with zero attached hydrogens (tertiary/aromatic N) is 3. The van der Waals surface area contributed by atoms with E-state index in [2.05, 4.69) is 15.2 Å². The van der Waals surface area contributed by atoms with Gasteiger partial charge in [-0.15, -0.1) is 0 Å². The summed E-state index contributed by atoms with van der Waals surface area (Å²) in [6, 6.07) is 4.88. The monoisotopic (exact) mass is 386 g/mol. The molecular formula is C21H30N4O3. The summed E-state index contributed by atoms with van der Waals surface area (Å²) in [4.78, 5) is 33.1. The first kappa shape index (κ1) is 19.2. The molecule has 2 atom stereocenters. The molecule has 7 heteroatoms. The summed E-state index contributed by atoms with van der Waals surface area (Å²) >= 11 is 0. The molecule has 0 saturated carbocycles. The van der Waals surface area contributed by atoms with Crippen molar-refractivity contribution in [2.75, 3.05) is 37.7 Å². The van der Waals surface area contributed by atoms with Crippen molar-refractivity contribution in [3.63, 3.8) is 0 Å². The highest BCUT2D eigenvalue weighted by Crippen LogP contribution is 2.33. The van der Waals surface area contributed by atoms with E-state index in [4.69, 9.17) is 4.74 Å². The molecule has 4 heterocycles. The van der Waals surface area contributed by atoms with Gasteiger partial charge in [-0.3, -0.25) is 4.79 Å². The lowest BCUT2D eigenvalue weighted by Gasteiger charge is -2.37. The molecule has 28 heavy (non-hydrogen) atoms. The number of esters is 1. The maximum atomic E-state index is 12.7. The van der Waals surface area contributed by atoms with Gasteiger partial charge in [0.1, 0.15) is 5.82 Å². The van der Waals surface area contributed by atoms with Crippen LogP contribution in [0.25, 0.3) is 0 Å². The van der Waals surface area contributed by atoms with Gasteiger partial charge < -0.3 is 19.9 Å². The molecule has 0 aromatic carbocycles. The highest BCUT2D eigenvalue weighted by molar-refractivity contribution is 5.89. The minimum Gasteiger partial charge on any atom is -0.462 e. The zero-order valence-corrected chi connectivity index (χ0v) is 16.6. The number of anilines is 1. The molecule has 1 amide bonds. The van der Waals surface area contributed by atoms with E-state index in [0.717, 1.165) is 44.8 Å². The number of hydrogen-bond acceptors (Lipinski definition) is 6. The Morgan fingerprint density at radius 3 is 2.46 bits per heavy atom. The first-order valence-corrected chi connectivity index (χ1v) is 10.5. The second-order valence-corrected chi connectivity index (χ2v) is 8.17. The van der Waals surface area contributed by atoms with Crippen LogP contribution >= 0.6 is 0 Å². The molecule has 1 N–H and O–H groups in total. The smallest absolute Gasteiger partial charge is 0.339 e. The predicted molar refractivity (Wildman–Crippen MR) is 106 cm³/mol. The highest BCUT2D eigenvalue weighted by Gasteiger charge is 2.35. The number of fused-ring (bicyclic) bond motifs is 2. The Morgan fingerprint density at radius 2 is 1.86 bits per heavy atom. The third-order valence-electron chi connectivity index (χ3n) is 6.25. The van der Waals surface area contributed by atoms with E-state index in [9.17, 15) is 9.59 Å². The lowest BCUT2D eigenvalue weighted by Crippen LogP contribution is -2.49. The first-order chi connectivity index (χ1) is 13.6. The van der Waals surface area contributed by atoms with Gasteiger partial charge in [-0.1, -0.05) is 0 Å². The van der Waals surface area contributed by atoms with Gasteiger partial charge in [0.05, 0.1) is 12.2 Å². The Labute approximate surface area is 166 Å². The number of carbonyl (C=O) groups excluding carboxylic acids is 2. The van der Waals surface area contributed by atoms with E-state index in [1.165, 1.54) is 12.8 Å². The van der Waals surface area contributed by atoms with E-state index >= 15 is 0 Å². The number of ether oxygens (including phenoxy) is 1. The zero-order valence-electron chi connectivity index (χ0n) is 16.6. The van der Waals surface area contributed by atoms with Crippen molar-refractivity contribution in [1.82, 2.24) is 15.2 Å². The van der Waals surface area contributed by atoms with Gasteiger partial charge in [0.2, 0.25) is 5.91 Å². The van der Waals surface area contributed by atoms with Crippen LogP contribution in [0, 0.1) is 5.92 Å². The number of piperidine rings is 1. The molecule has 7 nitrogen and oxygen atoms in total. The molecule has 3 aliphatic rings. The number of hydrogen-bond donors (Lipinski definition) is 1. The molecule has 1 aromatic heterocycles. The van der Waals surface area contributed by atoms with Gasteiger partial charge in [0, 0.05) is 50.9 Å². The van der Waals surface area contributed by atoms with Gasteiger partial charge in [0.15, 0.2) is 0 Å². The number of nitrogens with one attached hydrogen (secondary N) is 1. The average molecular weight is 386 g/mol. The SMILES string of the molecule is CCOC(=O)c1ccc(N2CCN(C(=O)CC3CC4CCC(C3)N4)CC2)nc1. The number of piperazine rings is 1. The van der Waals surface area contributed by atoms with E-state index in [1.807, 2.05) is 11.0 Å². The Morgan fingerprint density at radius 1 is 1.14 bits per heavy atom. The van der Waals surface area contributed by atoms with Gasteiger partial charge in [-0.25, -0.2) is 9.78 Å². The molecule has 152 valence electrons. The van der Waals surface area contributed by atoms with Crippen LogP contribution < -0.4 is 10.2 Å². The van der Waals surface area contributed by atoms with Crippen LogP contribution in [-0.2, 0) is 9.53 Å². The Kier molecular flexibility index (Phi) is 5.80. The van der Waals surface area contributed by atoms with Crippen molar-refractivity contribution in [3.05, 3.63) is 23.9 Å². The van der Waals surface area contributed by atoms with E-state index in [-0.39, 0.29) is 5.97 Å². The highest BCUT2D eigenvalue weighted by atomic mass is 16.5. The van der Waals surface area contributed by atoms with Crippen LogP contribution in [0.2, 0.25) is 0 Å². The Bertz CT molecular complexity index is 688. The number of rotatable bonds is 5. The molecule has 3 fully saturated rings. The number of aromatic nitrogens is 1. The fourth-order valence-electron chi connectivity index (χ4n) is 4.81. The standard InChI is InChI=1S/C21H30N4O3/c1-2-28-21(27)16-3-6-19(22-14-16)24-7-9-25(10-8-24)20(26)13-15-11-17-4-5-18(12-15)23-17/h3,6,14-15,17-18,23H,2,4-5,7-13H2,1H3. The fraction of sp³-hybridized carbons (Fsp3) is 0.667. The summed E-state index contributed by atoms with van der Waals surface area (Å²) in [5, 5.41) is 3.65. The molecule has 2 bridgehead atoms. The summed E-state index contributed by atoms with van der Waals surface area (Å²) in [6.45, 7) is 5.16. The largest absolute Gasteiger partial charge is 0.462 e. The van der Waals surface area contributed by atoms with Crippen molar-refractivity contribution in [1.29, 1.82) is 0 Å².